The van der Waals surface area contributed by atoms with Gasteiger partial charge in [-0.1, -0.05) is 0 Å². The molecule has 0 aliphatic carbocycles. The lowest BCUT2D eigenvalue weighted by Gasteiger charge is -2.20. The van der Waals surface area contributed by atoms with E-state index in [2.05, 4.69) is 29.2 Å². The molecule has 1 aromatic rings. The SMILES string of the molecule is COc1cc(NC2CCN(C(C)C)C2)nn1C. The second kappa shape index (κ2) is 4.96. The Morgan fingerprint density at radius 2 is 2.29 bits per heavy atom. The van der Waals surface area contributed by atoms with E-state index in [1.54, 1.807) is 11.8 Å². The van der Waals surface area contributed by atoms with Crippen molar-refractivity contribution in [2.75, 3.05) is 25.5 Å². The number of aryl methyl sites for hydroxylation is 1. The largest absolute Gasteiger partial charge is 0.481 e. The number of anilines is 1. The Morgan fingerprint density at radius 3 is 2.82 bits per heavy atom. The summed E-state index contributed by atoms with van der Waals surface area (Å²) >= 11 is 0. The second-order valence-electron chi connectivity index (χ2n) is 4.91. The average molecular weight is 238 g/mol. The van der Waals surface area contributed by atoms with Gasteiger partial charge in [0.2, 0.25) is 5.88 Å². The van der Waals surface area contributed by atoms with Crippen LogP contribution in [0, 0.1) is 0 Å². The molecule has 96 valence electrons. The highest BCUT2D eigenvalue weighted by molar-refractivity contribution is 5.39. The number of ether oxygens (including phenoxy) is 1. The summed E-state index contributed by atoms with van der Waals surface area (Å²) in [7, 11) is 3.55. The maximum absolute atomic E-state index is 5.20. The van der Waals surface area contributed by atoms with Crippen molar-refractivity contribution >= 4 is 5.82 Å². The van der Waals surface area contributed by atoms with E-state index in [0.29, 0.717) is 12.1 Å². The summed E-state index contributed by atoms with van der Waals surface area (Å²) < 4.78 is 6.95. The predicted molar refractivity (Wildman–Crippen MR) is 68.5 cm³/mol. The number of likely N-dealkylation sites (tertiary alicyclic amines) is 1. The minimum atomic E-state index is 0.497. The van der Waals surface area contributed by atoms with Gasteiger partial charge in [-0.2, -0.15) is 5.10 Å². The van der Waals surface area contributed by atoms with E-state index in [-0.39, 0.29) is 0 Å². The van der Waals surface area contributed by atoms with Crippen LogP contribution in [0.5, 0.6) is 5.88 Å². The molecular formula is C12H22N4O. The first-order chi connectivity index (χ1) is 8.10. The van der Waals surface area contributed by atoms with Crippen molar-refractivity contribution in [1.82, 2.24) is 14.7 Å². The van der Waals surface area contributed by atoms with Crippen LogP contribution in [0.2, 0.25) is 0 Å². The standard InChI is InChI=1S/C12H22N4O/c1-9(2)16-6-5-10(8-16)13-11-7-12(17-4)15(3)14-11/h7,9-10H,5-6,8H2,1-4H3,(H,13,14). The zero-order chi connectivity index (χ0) is 12.4. The van der Waals surface area contributed by atoms with Crippen molar-refractivity contribution in [2.45, 2.75) is 32.4 Å². The van der Waals surface area contributed by atoms with Crippen LogP contribution in [0.1, 0.15) is 20.3 Å². The topological polar surface area (TPSA) is 42.3 Å². The van der Waals surface area contributed by atoms with E-state index in [4.69, 9.17) is 4.74 Å². The van der Waals surface area contributed by atoms with Gasteiger partial charge < -0.3 is 10.1 Å². The molecule has 1 aliphatic heterocycles. The molecule has 5 nitrogen and oxygen atoms in total. The maximum atomic E-state index is 5.20. The van der Waals surface area contributed by atoms with Crippen molar-refractivity contribution < 1.29 is 4.74 Å². The number of methoxy groups -OCH3 is 1. The van der Waals surface area contributed by atoms with E-state index in [1.807, 2.05) is 13.1 Å². The molecule has 5 heteroatoms. The third-order valence-electron chi connectivity index (χ3n) is 3.35. The Kier molecular flexibility index (Phi) is 3.57. The molecule has 1 aromatic heterocycles. The Labute approximate surface area is 103 Å². The van der Waals surface area contributed by atoms with Crippen LogP contribution in [0.4, 0.5) is 5.82 Å². The molecule has 0 saturated carbocycles. The van der Waals surface area contributed by atoms with Crippen LogP contribution in [0.25, 0.3) is 0 Å². The number of hydrogen-bond acceptors (Lipinski definition) is 4. The highest BCUT2D eigenvalue weighted by Gasteiger charge is 2.24. The van der Waals surface area contributed by atoms with E-state index in [0.717, 1.165) is 18.2 Å². The van der Waals surface area contributed by atoms with E-state index in [1.165, 1.54) is 13.0 Å². The molecule has 1 fully saturated rings. The van der Waals surface area contributed by atoms with Gasteiger partial charge in [-0.05, 0) is 20.3 Å². The second-order valence-corrected chi connectivity index (χ2v) is 4.91. The van der Waals surface area contributed by atoms with Crippen molar-refractivity contribution in [3.05, 3.63) is 6.07 Å². The minimum absolute atomic E-state index is 0.497. The molecule has 1 N–H and O–H groups in total. The number of nitrogens with one attached hydrogen (secondary N) is 1. The normalized spacial score (nSPS) is 21.1. The Balaban J connectivity index is 1.93. The Bertz CT molecular complexity index is 375. The third kappa shape index (κ3) is 2.72. The summed E-state index contributed by atoms with van der Waals surface area (Å²) in [4.78, 5) is 2.48. The first-order valence-corrected chi connectivity index (χ1v) is 6.18. The Hall–Kier alpha value is -1.23. The lowest BCUT2D eigenvalue weighted by molar-refractivity contribution is 0.274. The lowest BCUT2D eigenvalue weighted by atomic mass is 10.2. The molecule has 1 aliphatic rings. The summed E-state index contributed by atoms with van der Waals surface area (Å²) in [5, 5.41) is 7.84. The number of rotatable bonds is 4. The summed E-state index contributed by atoms with van der Waals surface area (Å²) in [5.41, 5.74) is 0. The predicted octanol–water partition coefficient (Wildman–Crippen LogP) is 1.32. The summed E-state index contributed by atoms with van der Waals surface area (Å²) in [6.07, 6.45) is 1.18. The fraction of sp³-hybridized carbons (Fsp3) is 0.750. The summed E-state index contributed by atoms with van der Waals surface area (Å²) in [6, 6.07) is 3.06. The van der Waals surface area contributed by atoms with Crippen molar-refractivity contribution in [3.63, 3.8) is 0 Å². The number of aromatic nitrogens is 2. The monoisotopic (exact) mass is 238 g/mol. The van der Waals surface area contributed by atoms with Crippen LogP contribution >= 0.6 is 0 Å². The fourth-order valence-corrected chi connectivity index (χ4v) is 2.29. The van der Waals surface area contributed by atoms with Gasteiger partial charge in [0.25, 0.3) is 0 Å². The highest BCUT2D eigenvalue weighted by Crippen LogP contribution is 2.20. The van der Waals surface area contributed by atoms with Crippen molar-refractivity contribution in [2.24, 2.45) is 7.05 Å². The fourth-order valence-electron chi connectivity index (χ4n) is 2.29. The number of hydrogen-bond donors (Lipinski definition) is 1. The van der Waals surface area contributed by atoms with Gasteiger partial charge in [-0.15, -0.1) is 0 Å². The van der Waals surface area contributed by atoms with Gasteiger partial charge in [0.15, 0.2) is 5.82 Å². The molecule has 0 bridgehead atoms. The summed E-state index contributed by atoms with van der Waals surface area (Å²) in [6.45, 7) is 6.74. The lowest BCUT2D eigenvalue weighted by Crippen LogP contribution is -2.31. The molecular weight excluding hydrogens is 216 g/mol. The van der Waals surface area contributed by atoms with Crippen LogP contribution in [-0.2, 0) is 7.05 Å². The van der Waals surface area contributed by atoms with E-state index < -0.39 is 0 Å². The first kappa shape index (κ1) is 12.2. The molecule has 2 rings (SSSR count). The molecule has 17 heavy (non-hydrogen) atoms. The van der Waals surface area contributed by atoms with Gasteiger partial charge >= 0.3 is 0 Å². The molecule has 0 spiro atoms. The molecule has 1 saturated heterocycles. The van der Waals surface area contributed by atoms with Crippen LogP contribution in [-0.4, -0.2) is 47.0 Å². The van der Waals surface area contributed by atoms with Gasteiger partial charge in [-0.25, -0.2) is 4.68 Å². The molecule has 1 atom stereocenters. The third-order valence-corrected chi connectivity index (χ3v) is 3.35. The van der Waals surface area contributed by atoms with E-state index >= 15 is 0 Å². The molecule has 0 radical (unpaired) electrons. The van der Waals surface area contributed by atoms with Crippen molar-refractivity contribution in [3.8, 4) is 5.88 Å². The van der Waals surface area contributed by atoms with Gasteiger partial charge in [-0.3, -0.25) is 4.90 Å². The zero-order valence-electron chi connectivity index (χ0n) is 11.1. The minimum Gasteiger partial charge on any atom is -0.481 e. The van der Waals surface area contributed by atoms with Crippen LogP contribution < -0.4 is 10.1 Å². The first-order valence-electron chi connectivity index (χ1n) is 6.18. The van der Waals surface area contributed by atoms with E-state index in [9.17, 15) is 0 Å². The molecule has 2 heterocycles. The molecule has 0 amide bonds. The van der Waals surface area contributed by atoms with Crippen LogP contribution in [0.15, 0.2) is 6.07 Å². The smallest absolute Gasteiger partial charge is 0.213 e. The number of nitrogens with zero attached hydrogens (tertiary/aromatic N) is 3. The van der Waals surface area contributed by atoms with Gasteiger partial charge in [0.05, 0.1) is 7.11 Å². The quantitative estimate of drug-likeness (QED) is 0.859. The Morgan fingerprint density at radius 1 is 1.53 bits per heavy atom. The van der Waals surface area contributed by atoms with Crippen molar-refractivity contribution in [1.29, 1.82) is 0 Å². The van der Waals surface area contributed by atoms with Crippen LogP contribution in [0.3, 0.4) is 0 Å². The summed E-state index contributed by atoms with van der Waals surface area (Å²) in [5.74, 6) is 1.69. The molecule has 0 aromatic carbocycles. The average Bonchev–Trinajstić information content (AvgIpc) is 2.86. The highest BCUT2D eigenvalue weighted by atomic mass is 16.5. The maximum Gasteiger partial charge on any atom is 0.213 e. The zero-order valence-corrected chi connectivity index (χ0v) is 11.1. The van der Waals surface area contributed by atoms with Gasteiger partial charge in [0, 0.05) is 38.3 Å². The van der Waals surface area contributed by atoms with Gasteiger partial charge in [0.1, 0.15) is 0 Å². The molecule has 1 unspecified atom stereocenters.